The minimum absolute atomic E-state index is 0.104. The van der Waals surface area contributed by atoms with Gasteiger partial charge in [0.15, 0.2) is 0 Å². The number of piperidine rings is 1. The van der Waals surface area contributed by atoms with Crippen LogP contribution in [0, 0.1) is 6.92 Å². The van der Waals surface area contributed by atoms with Crippen LogP contribution in [-0.2, 0) is 4.79 Å². The highest BCUT2D eigenvalue weighted by molar-refractivity contribution is 7.99. The van der Waals surface area contributed by atoms with Crippen LogP contribution in [0.5, 0.6) is 0 Å². The van der Waals surface area contributed by atoms with E-state index in [1.165, 1.54) is 22.7 Å². The Kier molecular flexibility index (Phi) is 4.38. The summed E-state index contributed by atoms with van der Waals surface area (Å²) in [5.74, 6) is 0.679. The number of fused-ring (bicyclic) bond motifs is 1. The highest BCUT2D eigenvalue weighted by atomic mass is 32.2. The van der Waals surface area contributed by atoms with Gasteiger partial charge < -0.3 is 4.90 Å². The number of nitrogens with one attached hydrogen (secondary N) is 1. The van der Waals surface area contributed by atoms with Gasteiger partial charge in [-0.3, -0.25) is 14.6 Å². The quantitative estimate of drug-likeness (QED) is 0.840. The summed E-state index contributed by atoms with van der Waals surface area (Å²) in [6.07, 6.45) is 3.28. The smallest absolute Gasteiger partial charge is 0.273 e. The Labute approximate surface area is 137 Å². The maximum absolute atomic E-state index is 12.5. The summed E-state index contributed by atoms with van der Waals surface area (Å²) >= 11 is 1.29. The van der Waals surface area contributed by atoms with Crippen molar-refractivity contribution in [1.29, 1.82) is 0 Å². The Morgan fingerprint density at radius 2 is 2.00 bits per heavy atom. The fourth-order valence-corrected chi connectivity index (χ4v) is 3.77. The van der Waals surface area contributed by atoms with E-state index in [0.29, 0.717) is 10.9 Å². The number of H-pyrrole nitrogens is 1. The van der Waals surface area contributed by atoms with Gasteiger partial charge in [-0.1, -0.05) is 11.8 Å². The molecule has 0 unspecified atom stereocenters. The standard InChI is InChI=1S/C14H20N6O2S/c1-8-5-4-6-9(2)19(8)11(21)7-23-14-17-16-13-15-12(22)10(3)18-20(13)14/h8-9H,4-7H2,1-3H3,(H,15,16,22)/t8-,9-/m0/s1. The normalized spacial score (nSPS) is 21.8. The van der Waals surface area contributed by atoms with E-state index in [2.05, 4.69) is 34.1 Å². The molecule has 3 heterocycles. The number of carbonyl (C=O) groups excluding carboxylic acids is 1. The molecule has 2 atom stereocenters. The van der Waals surface area contributed by atoms with Gasteiger partial charge in [-0.15, -0.1) is 10.2 Å². The predicted molar refractivity (Wildman–Crippen MR) is 86.5 cm³/mol. The molecule has 1 aliphatic heterocycles. The molecule has 124 valence electrons. The number of aryl methyl sites for hydroxylation is 1. The fraction of sp³-hybridized carbons (Fsp3) is 0.643. The van der Waals surface area contributed by atoms with Crippen molar-refractivity contribution in [2.75, 3.05) is 5.75 Å². The van der Waals surface area contributed by atoms with Crippen molar-refractivity contribution in [3.63, 3.8) is 0 Å². The second-order valence-corrected chi connectivity index (χ2v) is 6.92. The van der Waals surface area contributed by atoms with Crippen molar-refractivity contribution in [3.8, 4) is 0 Å². The van der Waals surface area contributed by atoms with Gasteiger partial charge in [0, 0.05) is 12.1 Å². The number of thioether (sulfide) groups is 1. The van der Waals surface area contributed by atoms with Crippen LogP contribution >= 0.6 is 11.8 Å². The highest BCUT2D eigenvalue weighted by Gasteiger charge is 2.29. The van der Waals surface area contributed by atoms with Gasteiger partial charge in [-0.05, 0) is 40.0 Å². The summed E-state index contributed by atoms with van der Waals surface area (Å²) in [4.78, 5) is 28.6. The first-order valence-electron chi connectivity index (χ1n) is 7.73. The van der Waals surface area contributed by atoms with E-state index < -0.39 is 0 Å². The molecule has 1 fully saturated rings. The Balaban J connectivity index is 1.74. The van der Waals surface area contributed by atoms with Crippen molar-refractivity contribution < 1.29 is 4.79 Å². The van der Waals surface area contributed by atoms with E-state index in [9.17, 15) is 9.59 Å². The summed E-state index contributed by atoms with van der Waals surface area (Å²) < 4.78 is 1.47. The third-order valence-corrected chi connectivity index (χ3v) is 5.13. The van der Waals surface area contributed by atoms with Crippen molar-refractivity contribution >= 4 is 23.4 Å². The van der Waals surface area contributed by atoms with Crippen LogP contribution in [0.1, 0.15) is 38.8 Å². The summed E-state index contributed by atoms with van der Waals surface area (Å²) in [6, 6.07) is 0.553. The summed E-state index contributed by atoms with van der Waals surface area (Å²) in [7, 11) is 0. The van der Waals surface area contributed by atoms with E-state index in [-0.39, 0.29) is 35.1 Å². The maximum Gasteiger partial charge on any atom is 0.273 e. The number of aromatic nitrogens is 5. The molecular formula is C14H20N6O2S. The number of rotatable bonds is 3. The molecule has 3 rings (SSSR count). The molecular weight excluding hydrogens is 316 g/mol. The van der Waals surface area contributed by atoms with Gasteiger partial charge in [0.05, 0.1) is 5.75 Å². The number of likely N-dealkylation sites (tertiary alicyclic amines) is 1. The number of nitrogens with zero attached hydrogens (tertiary/aromatic N) is 5. The van der Waals surface area contributed by atoms with E-state index in [4.69, 9.17) is 0 Å². The Hall–Kier alpha value is -1.90. The SMILES string of the molecule is Cc1nn2c(SCC(=O)N3[C@@H](C)CCC[C@@H]3C)nnc2[nH]c1=O. The lowest BCUT2D eigenvalue weighted by Gasteiger charge is -2.39. The second-order valence-electron chi connectivity index (χ2n) is 5.98. The number of amides is 1. The third-order valence-electron chi connectivity index (χ3n) is 4.22. The number of hydrogen-bond acceptors (Lipinski definition) is 6. The zero-order valence-corrected chi connectivity index (χ0v) is 14.3. The van der Waals surface area contributed by atoms with Gasteiger partial charge >= 0.3 is 0 Å². The van der Waals surface area contributed by atoms with E-state index >= 15 is 0 Å². The van der Waals surface area contributed by atoms with Crippen molar-refractivity contribution in [2.24, 2.45) is 0 Å². The average molecular weight is 336 g/mol. The Morgan fingerprint density at radius 1 is 1.30 bits per heavy atom. The molecule has 2 aromatic heterocycles. The van der Waals surface area contributed by atoms with Crippen molar-refractivity contribution in [1.82, 2.24) is 29.7 Å². The largest absolute Gasteiger partial charge is 0.337 e. The maximum atomic E-state index is 12.5. The van der Waals surface area contributed by atoms with Crippen LogP contribution in [0.2, 0.25) is 0 Å². The predicted octanol–water partition coefficient (Wildman–Crippen LogP) is 1.00. The first-order chi connectivity index (χ1) is 11.0. The molecule has 0 aliphatic carbocycles. The van der Waals surface area contributed by atoms with E-state index in [1.54, 1.807) is 6.92 Å². The topological polar surface area (TPSA) is 96.2 Å². The lowest BCUT2D eigenvalue weighted by atomic mass is 9.98. The van der Waals surface area contributed by atoms with Crippen LogP contribution in [-0.4, -0.2) is 53.4 Å². The molecule has 1 saturated heterocycles. The number of aromatic amines is 1. The van der Waals surface area contributed by atoms with Gasteiger partial charge in [0.2, 0.25) is 11.1 Å². The monoisotopic (exact) mass is 336 g/mol. The molecule has 23 heavy (non-hydrogen) atoms. The second kappa shape index (κ2) is 6.31. The molecule has 1 amide bonds. The van der Waals surface area contributed by atoms with Gasteiger partial charge in [0.1, 0.15) is 5.69 Å². The Morgan fingerprint density at radius 3 is 2.70 bits per heavy atom. The molecule has 2 aromatic rings. The number of hydrogen-bond donors (Lipinski definition) is 1. The van der Waals surface area contributed by atoms with Crippen LogP contribution in [0.3, 0.4) is 0 Å². The number of carbonyl (C=O) groups is 1. The van der Waals surface area contributed by atoms with Gasteiger partial charge in [0.25, 0.3) is 11.3 Å². The molecule has 1 aliphatic rings. The third kappa shape index (κ3) is 3.10. The fourth-order valence-electron chi connectivity index (χ4n) is 3.02. The van der Waals surface area contributed by atoms with Crippen molar-refractivity contribution in [2.45, 2.75) is 57.3 Å². The van der Waals surface area contributed by atoms with Crippen LogP contribution in [0.4, 0.5) is 0 Å². The van der Waals surface area contributed by atoms with Crippen LogP contribution in [0.25, 0.3) is 5.78 Å². The minimum atomic E-state index is -0.284. The summed E-state index contributed by atoms with van der Waals surface area (Å²) in [6.45, 7) is 5.82. The zero-order chi connectivity index (χ0) is 16.6. The molecule has 0 spiro atoms. The molecule has 0 bridgehead atoms. The van der Waals surface area contributed by atoms with Crippen LogP contribution in [0.15, 0.2) is 9.95 Å². The highest BCUT2D eigenvalue weighted by Crippen LogP contribution is 2.24. The molecule has 1 N–H and O–H groups in total. The average Bonchev–Trinajstić information content (AvgIpc) is 2.87. The van der Waals surface area contributed by atoms with E-state index in [0.717, 1.165) is 12.8 Å². The molecule has 0 radical (unpaired) electrons. The summed E-state index contributed by atoms with van der Waals surface area (Å²) in [5, 5.41) is 12.6. The molecule has 8 nitrogen and oxygen atoms in total. The zero-order valence-electron chi connectivity index (χ0n) is 13.4. The molecule has 0 saturated carbocycles. The first kappa shape index (κ1) is 16.0. The lowest BCUT2D eigenvalue weighted by Crippen LogP contribution is -2.48. The first-order valence-corrected chi connectivity index (χ1v) is 8.72. The summed E-state index contributed by atoms with van der Waals surface area (Å²) in [5.41, 5.74) is 0.0530. The molecule has 9 heteroatoms. The minimum Gasteiger partial charge on any atom is -0.337 e. The molecule has 0 aromatic carbocycles. The van der Waals surface area contributed by atoms with Crippen LogP contribution < -0.4 is 5.56 Å². The van der Waals surface area contributed by atoms with Crippen molar-refractivity contribution in [3.05, 3.63) is 16.0 Å². The van der Waals surface area contributed by atoms with Gasteiger partial charge in [-0.25, -0.2) is 0 Å². The lowest BCUT2D eigenvalue weighted by molar-refractivity contribution is -0.134. The van der Waals surface area contributed by atoms with E-state index in [1.807, 2.05) is 4.90 Å². The Bertz CT molecular complexity index is 775. The van der Waals surface area contributed by atoms with Gasteiger partial charge in [-0.2, -0.15) is 9.61 Å².